The molecule has 0 bridgehead atoms. The maximum absolute atomic E-state index is 13.1. The molecule has 0 aliphatic rings. The Bertz CT molecular complexity index is 429. The van der Waals surface area contributed by atoms with Gasteiger partial charge in [0.1, 0.15) is 5.82 Å². The van der Waals surface area contributed by atoms with Crippen LogP contribution in [0.1, 0.15) is 22.3 Å². The minimum atomic E-state index is -1.27. The Labute approximate surface area is 91.8 Å². The van der Waals surface area contributed by atoms with E-state index in [1.807, 2.05) is 0 Å². The van der Waals surface area contributed by atoms with Gasteiger partial charge in [-0.1, -0.05) is 12.2 Å². The molecule has 0 saturated heterocycles. The van der Waals surface area contributed by atoms with Crippen molar-refractivity contribution < 1.29 is 19.4 Å². The van der Waals surface area contributed by atoms with Crippen LogP contribution < -0.4 is 5.73 Å². The highest BCUT2D eigenvalue weighted by Gasteiger charge is 2.12. The summed E-state index contributed by atoms with van der Waals surface area (Å²) in [5.41, 5.74) is 5.63. The topological polar surface area (TPSA) is 83.5 Å². The molecule has 1 aromatic carbocycles. The van der Waals surface area contributed by atoms with Gasteiger partial charge in [0, 0.05) is 12.2 Å². The van der Waals surface area contributed by atoms with E-state index in [1.165, 1.54) is 6.08 Å². The number of hydrogen-bond acceptors (Lipinski definition) is 3. The molecule has 0 amide bonds. The Balaban J connectivity index is 3.14. The average Bonchev–Trinajstić information content (AvgIpc) is 2.22. The summed E-state index contributed by atoms with van der Waals surface area (Å²) in [6, 6.07) is 2.02. The van der Waals surface area contributed by atoms with E-state index in [-0.39, 0.29) is 17.9 Å². The Morgan fingerprint density at radius 3 is 2.75 bits per heavy atom. The summed E-state index contributed by atoms with van der Waals surface area (Å²) in [7, 11) is 0. The summed E-state index contributed by atoms with van der Waals surface area (Å²) < 4.78 is 13.1. The largest absolute Gasteiger partial charge is 0.478 e. The second kappa shape index (κ2) is 5.27. The lowest BCUT2D eigenvalue weighted by molar-refractivity contribution is 0.0697. The van der Waals surface area contributed by atoms with Gasteiger partial charge in [-0.25, -0.2) is 9.18 Å². The smallest absolute Gasteiger partial charge is 0.337 e. The van der Waals surface area contributed by atoms with Gasteiger partial charge < -0.3 is 15.9 Å². The molecule has 0 aliphatic carbocycles. The van der Waals surface area contributed by atoms with Crippen LogP contribution in [0.2, 0.25) is 0 Å². The van der Waals surface area contributed by atoms with Gasteiger partial charge in [0.2, 0.25) is 0 Å². The van der Waals surface area contributed by atoms with Gasteiger partial charge in [0.05, 0.1) is 11.3 Å². The Hall–Kier alpha value is -1.88. The zero-order valence-electron chi connectivity index (χ0n) is 8.48. The molecular weight excluding hydrogens is 213 g/mol. The van der Waals surface area contributed by atoms with Crippen molar-refractivity contribution in [2.24, 2.45) is 0 Å². The van der Waals surface area contributed by atoms with Crippen molar-refractivity contribution in [3.05, 3.63) is 35.2 Å². The van der Waals surface area contributed by atoms with Crippen LogP contribution in [0.5, 0.6) is 0 Å². The SMILES string of the molecule is Nc1c(C=CCCO)cc(F)cc1C(=O)O. The molecule has 0 saturated carbocycles. The molecule has 0 atom stereocenters. The summed E-state index contributed by atoms with van der Waals surface area (Å²) in [4.78, 5) is 10.7. The number of rotatable bonds is 4. The molecule has 0 spiro atoms. The molecule has 16 heavy (non-hydrogen) atoms. The average molecular weight is 225 g/mol. The van der Waals surface area contributed by atoms with Gasteiger partial charge in [-0.15, -0.1) is 0 Å². The van der Waals surface area contributed by atoms with Crippen LogP contribution in [0.15, 0.2) is 18.2 Å². The fraction of sp³-hybridized carbons (Fsp3) is 0.182. The van der Waals surface area contributed by atoms with Gasteiger partial charge in [-0.3, -0.25) is 0 Å². The van der Waals surface area contributed by atoms with Crippen molar-refractivity contribution in [3.63, 3.8) is 0 Å². The first-order valence-electron chi connectivity index (χ1n) is 4.66. The number of benzene rings is 1. The summed E-state index contributed by atoms with van der Waals surface area (Å²) in [6.07, 6.45) is 3.48. The molecule has 0 aliphatic heterocycles. The number of aliphatic hydroxyl groups excluding tert-OH is 1. The van der Waals surface area contributed by atoms with Gasteiger partial charge in [0.25, 0.3) is 0 Å². The summed E-state index contributed by atoms with van der Waals surface area (Å²) in [6.45, 7) is -0.0302. The third-order valence-corrected chi connectivity index (χ3v) is 2.00. The van der Waals surface area contributed by atoms with Crippen LogP contribution in [-0.2, 0) is 0 Å². The number of halogens is 1. The summed E-state index contributed by atoms with van der Waals surface area (Å²) in [5.74, 6) is -1.93. The van der Waals surface area contributed by atoms with Gasteiger partial charge in [-0.05, 0) is 18.6 Å². The highest BCUT2D eigenvalue weighted by atomic mass is 19.1. The van der Waals surface area contributed by atoms with E-state index < -0.39 is 11.8 Å². The van der Waals surface area contributed by atoms with Crippen molar-refractivity contribution in [1.82, 2.24) is 0 Å². The second-order valence-corrected chi connectivity index (χ2v) is 3.18. The van der Waals surface area contributed by atoms with E-state index in [9.17, 15) is 9.18 Å². The molecule has 1 aromatic rings. The van der Waals surface area contributed by atoms with Crippen molar-refractivity contribution >= 4 is 17.7 Å². The molecule has 1 rings (SSSR count). The van der Waals surface area contributed by atoms with Gasteiger partial charge >= 0.3 is 5.97 Å². The van der Waals surface area contributed by atoms with Crippen molar-refractivity contribution in [2.75, 3.05) is 12.3 Å². The first-order valence-corrected chi connectivity index (χ1v) is 4.66. The van der Waals surface area contributed by atoms with Crippen molar-refractivity contribution in [2.45, 2.75) is 6.42 Å². The number of aromatic carboxylic acids is 1. The summed E-state index contributed by atoms with van der Waals surface area (Å²) in [5, 5.41) is 17.3. The number of carboxylic acids is 1. The number of carboxylic acid groups (broad SMARTS) is 1. The fourth-order valence-electron chi connectivity index (χ4n) is 1.24. The fourth-order valence-corrected chi connectivity index (χ4v) is 1.24. The van der Waals surface area contributed by atoms with Crippen LogP contribution in [0.4, 0.5) is 10.1 Å². The van der Waals surface area contributed by atoms with E-state index in [4.69, 9.17) is 15.9 Å². The molecule has 0 fully saturated rings. The molecule has 0 radical (unpaired) electrons. The summed E-state index contributed by atoms with van der Waals surface area (Å²) >= 11 is 0. The standard InChI is InChI=1S/C11H12FNO3/c12-8-5-7(3-1-2-4-14)10(13)9(6-8)11(15)16/h1,3,5-6,14H,2,4,13H2,(H,15,16). The zero-order chi connectivity index (χ0) is 12.1. The molecular formula is C11H12FNO3. The van der Waals surface area contributed by atoms with E-state index in [1.54, 1.807) is 6.08 Å². The van der Waals surface area contributed by atoms with Crippen LogP contribution >= 0.6 is 0 Å². The normalized spacial score (nSPS) is 10.9. The predicted octanol–water partition coefficient (Wildman–Crippen LogP) is 1.50. The first-order chi connectivity index (χ1) is 7.56. The van der Waals surface area contributed by atoms with Gasteiger partial charge in [-0.2, -0.15) is 0 Å². The quantitative estimate of drug-likeness (QED) is 0.678. The minimum absolute atomic E-state index is 0.0167. The highest BCUT2D eigenvalue weighted by Crippen LogP contribution is 2.21. The lowest BCUT2D eigenvalue weighted by Crippen LogP contribution is -2.05. The lowest BCUT2D eigenvalue weighted by Gasteiger charge is -2.05. The molecule has 0 heterocycles. The van der Waals surface area contributed by atoms with Crippen LogP contribution in [0.3, 0.4) is 0 Å². The molecule has 4 N–H and O–H groups in total. The molecule has 0 aromatic heterocycles. The van der Waals surface area contributed by atoms with Crippen LogP contribution in [0, 0.1) is 5.82 Å². The molecule has 4 nitrogen and oxygen atoms in total. The number of aliphatic hydroxyl groups is 1. The van der Waals surface area contributed by atoms with Gasteiger partial charge in [0.15, 0.2) is 0 Å². The molecule has 0 unspecified atom stereocenters. The number of nitrogens with two attached hydrogens (primary N) is 1. The maximum Gasteiger partial charge on any atom is 0.337 e. The monoisotopic (exact) mass is 225 g/mol. The number of hydrogen-bond donors (Lipinski definition) is 3. The third kappa shape index (κ3) is 2.80. The van der Waals surface area contributed by atoms with Crippen LogP contribution in [-0.4, -0.2) is 22.8 Å². The number of nitrogen functional groups attached to an aromatic ring is 1. The van der Waals surface area contributed by atoms with Crippen molar-refractivity contribution in [1.29, 1.82) is 0 Å². The zero-order valence-corrected chi connectivity index (χ0v) is 8.48. The predicted molar refractivity (Wildman–Crippen MR) is 58.5 cm³/mol. The van der Waals surface area contributed by atoms with Crippen molar-refractivity contribution in [3.8, 4) is 0 Å². The lowest BCUT2D eigenvalue weighted by atomic mass is 10.1. The Morgan fingerprint density at radius 1 is 1.50 bits per heavy atom. The Morgan fingerprint density at radius 2 is 2.19 bits per heavy atom. The molecule has 5 heteroatoms. The van der Waals surface area contributed by atoms with Crippen LogP contribution in [0.25, 0.3) is 6.08 Å². The minimum Gasteiger partial charge on any atom is -0.478 e. The first kappa shape index (κ1) is 12.2. The van der Waals surface area contributed by atoms with E-state index in [2.05, 4.69) is 0 Å². The number of carbonyl (C=O) groups is 1. The van der Waals surface area contributed by atoms with E-state index in [0.29, 0.717) is 12.0 Å². The van der Waals surface area contributed by atoms with E-state index in [0.717, 1.165) is 12.1 Å². The number of anilines is 1. The van der Waals surface area contributed by atoms with E-state index >= 15 is 0 Å². The maximum atomic E-state index is 13.1. The highest BCUT2D eigenvalue weighted by molar-refractivity contribution is 5.95. The third-order valence-electron chi connectivity index (χ3n) is 2.00. The Kier molecular flexibility index (Phi) is 4.02. The molecule has 86 valence electrons. The second-order valence-electron chi connectivity index (χ2n) is 3.18.